The molecule has 0 bridgehead atoms. The third-order valence-corrected chi connectivity index (χ3v) is 3.08. The number of rotatable bonds is 3. The molecular weight excluding hydrogens is 288 g/mol. The fourth-order valence-corrected chi connectivity index (χ4v) is 1.92. The Balaban J connectivity index is 2.10. The molecule has 88 valence electrons. The van der Waals surface area contributed by atoms with E-state index in [0.717, 1.165) is 16.1 Å². The minimum Gasteiger partial charge on any atom is -0.381 e. The van der Waals surface area contributed by atoms with Gasteiger partial charge in [-0.15, -0.1) is 0 Å². The van der Waals surface area contributed by atoms with Crippen molar-refractivity contribution < 1.29 is 8.78 Å². The first-order chi connectivity index (χ1) is 8.15. The normalized spacial score (nSPS) is 10.3. The molecule has 0 radical (unpaired) electrons. The quantitative estimate of drug-likeness (QED) is 0.889. The molecule has 1 nitrogen and oxygen atoms in total. The zero-order valence-electron chi connectivity index (χ0n) is 8.88. The predicted octanol–water partition coefficient (Wildman–Crippen LogP) is 4.34. The van der Waals surface area contributed by atoms with Crippen LogP contribution >= 0.6 is 15.9 Å². The molecule has 0 fully saturated rings. The van der Waals surface area contributed by atoms with Crippen molar-refractivity contribution in [1.29, 1.82) is 0 Å². The van der Waals surface area contributed by atoms with Gasteiger partial charge in [0.15, 0.2) is 0 Å². The SMILES string of the molecule is Fc1cc(F)cc(NCc2ccccc2Br)c1. The lowest BCUT2D eigenvalue weighted by Gasteiger charge is -2.08. The predicted molar refractivity (Wildman–Crippen MR) is 67.8 cm³/mol. The molecule has 0 saturated carbocycles. The summed E-state index contributed by atoms with van der Waals surface area (Å²) in [5.74, 6) is -1.17. The molecule has 1 N–H and O–H groups in total. The third-order valence-electron chi connectivity index (χ3n) is 2.30. The molecule has 0 saturated heterocycles. The standard InChI is InChI=1S/C13H10BrF2N/c14-13-4-2-1-3-9(13)8-17-12-6-10(15)5-11(16)7-12/h1-7,17H,8H2. The van der Waals surface area contributed by atoms with Gasteiger partial charge in [0.05, 0.1) is 0 Å². The first-order valence-corrected chi connectivity index (χ1v) is 5.88. The van der Waals surface area contributed by atoms with Crippen molar-refractivity contribution in [2.24, 2.45) is 0 Å². The number of hydrogen-bond acceptors (Lipinski definition) is 1. The van der Waals surface area contributed by atoms with Gasteiger partial charge in [0, 0.05) is 22.8 Å². The average Bonchev–Trinajstić information content (AvgIpc) is 2.27. The minimum absolute atomic E-state index is 0.429. The van der Waals surface area contributed by atoms with Crippen molar-refractivity contribution in [3.05, 3.63) is 64.1 Å². The fraction of sp³-hybridized carbons (Fsp3) is 0.0769. The Morgan fingerprint density at radius 2 is 1.65 bits per heavy atom. The first-order valence-electron chi connectivity index (χ1n) is 5.08. The molecule has 0 aromatic heterocycles. The minimum atomic E-state index is -0.584. The van der Waals surface area contributed by atoms with E-state index in [1.54, 1.807) is 0 Å². The number of nitrogens with one attached hydrogen (secondary N) is 1. The third kappa shape index (κ3) is 3.27. The van der Waals surface area contributed by atoms with Crippen LogP contribution in [-0.4, -0.2) is 0 Å². The Morgan fingerprint density at radius 3 is 2.29 bits per heavy atom. The highest BCUT2D eigenvalue weighted by molar-refractivity contribution is 9.10. The molecule has 4 heteroatoms. The maximum atomic E-state index is 12.9. The summed E-state index contributed by atoms with van der Waals surface area (Å²) in [6.45, 7) is 0.504. The number of halogens is 3. The molecule has 2 aromatic carbocycles. The fourth-order valence-electron chi connectivity index (χ4n) is 1.49. The molecule has 0 aliphatic carbocycles. The van der Waals surface area contributed by atoms with Gasteiger partial charge < -0.3 is 5.32 Å². The molecule has 0 heterocycles. The number of anilines is 1. The molecule has 0 unspecified atom stereocenters. The molecule has 17 heavy (non-hydrogen) atoms. The molecule has 0 atom stereocenters. The van der Waals surface area contributed by atoms with Gasteiger partial charge in [0.25, 0.3) is 0 Å². The monoisotopic (exact) mass is 297 g/mol. The highest BCUT2D eigenvalue weighted by atomic mass is 79.9. The molecule has 0 aliphatic rings. The highest BCUT2D eigenvalue weighted by Crippen LogP contribution is 2.18. The molecule has 0 amide bonds. The largest absolute Gasteiger partial charge is 0.381 e. The average molecular weight is 298 g/mol. The Labute approximate surface area is 107 Å². The Hall–Kier alpha value is -1.42. The second-order valence-corrected chi connectivity index (χ2v) is 4.46. The lowest BCUT2D eigenvalue weighted by Crippen LogP contribution is -2.00. The van der Waals surface area contributed by atoms with E-state index in [1.165, 1.54) is 12.1 Å². The van der Waals surface area contributed by atoms with E-state index in [-0.39, 0.29) is 0 Å². The van der Waals surface area contributed by atoms with Gasteiger partial charge in [-0.1, -0.05) is 34.1 Å². The van der Waals surface area contributed by atoms with E-state index in [9.17, 15) is 8.78 Å². The maximum Gasteiger partial charge on any atom is 0.128 e. The van der Waals surface area contributed by atoms with E-state index < -0.39 is 11.6 Å². The molecule has 2 aromatic rings. The van der Waals surface area contributed by atoms with Crippen LogP contribution in [0.15, 0.2) is 46.9 Å². The van der Waals surface area contributed by atoms with Crippen LogP contribution in [0.5, 0.6) is 0 Å². The smallest absolute Gasteiger partial charge is 0.128 e. The Bertz CT molecular complexity index is 508. The van der Waals surface area contributed by atoms with Crippen molar-refractivity contribution in [3.8, 4) is 0 Å². The summed E-state index contributed by atoms with van der Waals surface area (Å²) in [6.07, 6.45) is 0. The van der Waals surface area contributed by atoms with E-state index in [0.29, 0.717) is 12.2 Å². The van der Waals surface area contributed by atoms with Crippen LogP contribution in [0.3, 0.4) is 0 Å². The second-order valence-electron chi connectivity index (χ2n) is 3.60. The summed E-state index contributed by atoms with van der Waals surface area (Å²) in [7, 11) is 0. The van der Waals surface area contributed by atoms with Gasteiger partial charge in [0.1, 0.15) is 11.6 Å². The Morgan fingerprint density at radius 1 is 1.00 bits per heavy atom. The highest BCUT2D eigenvalue weighted by Gasteiger charge is 2.02. The van der Waals surface area contributed by atoms with Gasteiger partial charge in [-0.05, 0) is 23.8 Å². The van der Waals surface area contributed by atoms with Gasteiger partial charge in [-0.2, -0.15) is 0 Å². The summed E-state index contributed by atoms with van der Waals surface area (Å²) in [5, 5.41) is 2.97. The zero-order chi connectivity index (χ0) is 12.3. The van der Waals surface area contributed by atoms with Crippen LogP contribution in [-0.2, 0) is 6.54 Å². The van der Waals surface area contributed by atoms with Crippen LogP contribution in [0, 0.1) is 11.6 Å². The van der Waals surface area contributed by atoms with Crippen molar-refractivity contribution in [1.82, 2.24) is 0 Å². The Kier molecular flexibility index (Phi) is 3.74. The number of benzene rings is 2. The summed E-state index contributed by atoms with van der Waals surface area (Å²) in [5.41, 5.74) is 1.45. The van der Waals surface area contributed by atoms with Crippen molar-refractivity contribution in [3.63, 3.8) is 0 Å². The van der Waals surface area contributed by atoms with Crippen molar-refractivity contribution in [2.45, 2.75) is 6.54 Å². The first kappa shape index (κ1) is 12.0. The van der Waals surface area contributed by atoms with E-state index >= 15 is 0 Å². The second kappa shape index (κ2) is 5.27. The van der Waals surface area contributed by atoms with E-state index in [2.05, 4.69) is 21.2 Å². The van der Waals surface area contributed by atoms with Crippen LogP contribution in [0.1, 0.15) is 5.56 Å². The summed E-state index contributed by atoms with van der Waals surface area (Å²) < 4.78 is 26.9. The lowest BCUT2D eigenvalue weighted by molar-refractivity contribution is 0.584. The molecular formula is C13H10BrF2N. The van der Waals surface area contributed by atoms with Gasteiger partial charge in [-0.25, -0.2) is 8.78 Å². The topological polar surface area (TPSA) is 12.0 Å². The lowest BCUT2D eigenvalue weighted by atomic mass is 10.2. The van der Waals surface area contributed by atoms with Crippen molar-refractivity contribution >= 4 is 21.6 Å². The van der Waals surface area contributed by atoms with Crippen LogP contribution in [0.2, 0.25) is 0 Å². The summed E-state index contributed by atoms with van der Waals surface area (Å²) in [4.78, 5) is 0. The van der Waals surface area contributed by atoms with Crippen LogP contribution < -0.4 is 5.32 Å². The van der Waals surface area contributed by atoms with Crippen LogP contribution in [0.4, 0.5) is 14.5 Å². The maximum absolute atomic E-state index is 12.9. The summed E-state index contributed by atoms with van der Waals surface area (Å²) in [6, 6.07) is 11.1. The van der Waals surface area contributed by atoms with Crippen molar-refractivity contribution in [2.75, 3.05) is 5.32 Å². The summed E-state index contributed by atoms with van der Waals surface area (Å²) >= 11 is 3.41. The van der Waals surface area contributed by atoms with Gasteiger partial charge in [0.2, 0.25) is 0 Å². The van der Waals surface area contributed by atoms with Crippen LogP contribution in [0.25, 0.3) is 0 Å². The van der Waals surface area contributed by atoms with E-state index in [1.807, 2.05) is 24.3 Å². The van der Waals surface area contributed by atoms with Gasteiger partial charge in [-0.3, -0.25) is 0 Å². The van der Waals surface area contributed by atoms with E-state index in [4.69, 9.17) is 0 Å². The molecule has 2 rings (SSSR count). The molecule has 0 spiro atoms. The van der Waals surface area contributed by atoms with Gasteiger partial charge >= 0.3 is 0 Å². The molecule has 0 aliphatic heterocycles. The zero-order valence-corrected chi connectivity index (χ0v) is 10.5. The number of hydrogen-bond donors (Lipinski definition) is 1.